The lowest BCUT2D eigenvalue weighted by atomic mass is 10.2. The second-order valence-corrected chi connectivity index (χ2v) is 3.39. The molecule has 19 heavy (non-hydrogen) atoms. The molecular formula is C12H13F2N3O2. The molecule has 0 atom stereocenters. The molecule has 5 nitrogen and oxygen atoms in total. The van der Waals surface area contributed by atoms with Crippen molar-refractivity contribution in [3.05, 3.63) is 41.6 Å². The Morgan fingerprint density at radius 3 is 2.68 bits per heavy atom. The van der Waals surface area contributed by atoms with E-state index in [2.05, 4.69) is 4.99 Å². The summed E-state index contributed by atoms with van der Waals surface area (Å²) in [6, 6.07) is 2.77. The van der Waals surface area contributed by atoms with Crippen LogP contribution in [-0.2, 0) is 9.53 Å². The summed E-state index contributed by atoms with van der Waals surface area (Å²) in [7, 11) is 0. The molecule has 0 aliphatic carbocycles. The number of ether oxygens (including phenoxy) is 1. The molecule has 1 aromatic rings. The number of rotatable bonds is 4. The third-order valence-corrected chi connectivity index (χ3v) is 2.09. The lowest BCUT2D eigenvalue weighted by molar-refractivity contribution is -0.137. The van der Waals surface area contributed by atoms with E-state index < -0.39 is 17.6 Å². The number of aliphatic imine (C=N–C) groups is 1. The second kappa shape index (κ2) is 6.48. The predicted molar refractivity (Wildman–Crippen MR) is 66.5 cm³/mol. The van der Waals surface area contributed by atoms with Crippen LogP contribution in [0.15, 0.2) is 35.0 Å². The second-order valence-electron chi connectivity index (χ2n) is 3.39. The molecule has 7 heteroatoms. The number of hydrogen-bond acceptors (Lipinski definition) is 4. The van der Waals surface area contributed by atoms with Crippen molar-refractivity contribution < 1.29 is 18.3 Å². The summed E-state index contributed by atoms with van der Waals surface area (Å²) in [4.78, 5) is 15.1. The molecule has 1 aromatic carbocycles. The highest BCUT2D eigenvalue weighted by Gasteiger charge is 2.15. The molecule has 0 saturated heterocycles. The Morgan fingerprint density at radius 2 is 2.16 bits per heavy atom. The van der Waals surface area contributed by atoms with E-state index in [1.807, 2.05) is 0 Å². The Bertz CT molecular complexity index is 542. The summed E-state index contributed by atoms with van der Waals surface area (Å²) < 4.78 is 30.8. The van der Waals surface area contributed by atoms with E-state index in [0.29, 0.717) is 6.07 Å². The highest BCUT2D eigenvalue weighted by molar-refractivity contribution is 6.18. The van der Waals surface area contributed by atoms with Crippen LogP contribution in [-0.4, -0.2) is 18.4 Å². The molecule has 0 aliphatic rings. The maximum Gasteiger partial charge on any atom is 0.343 e. The maximum absolute atomic E-state index is 13.4. The van der Waals surface area contributed by atoms with Crippen LogP contribution in [0.5, 0.6) is 0 Å². The lowest BCUT2D eigenvalue weighted by Crippen LogP contribution is -2.24. The van der Waals surface area contributed by atoms with Crippen LogP contribution in [0.4, 0.5) is 14.5 Å². The number of nitrogens with zero attached hydrogens (tertiary/aromatic N) is 1. The van der Waals surface area contributed by atoms with E-state index in [0.717, 1.165) is 18.3 Å². The minimum Gasteiger partial charge on any atom is -0.462 e. The van der Waals surface area contributed by atoms with Gasteiger partial charge in [0, 0.05) is 12.3 Å². The fraction of sp³-hybridized carbons (Fsp3) is 0.167. The van der Waals surface area contributed by atoms with E-state index in [1.165, 1.54) is 0 Å². The van der Waals surface area contributed by atoms with Gasteiger partial charge in [-0.05, 0) is 19.1 Å². The Kier molecular flexibility index (Phi) is 4.99. The Labute approximate surface area is 108 Å². The van der Waals surface area contributed by atoms with Gasteiger partial charge in [-0.3, -0.25) is 0 Å². The predicted octanol–water partition coefficient (Wildman–Crippen LogP) is 1.36. The Morgan fingerprint density at radius 1 is 1.47 bits per heavy atom. The highest BCUT2D eigenvalue weighted by Crippen LogP contribution is 2.19. The van der Waals surface area contributed by atoms with Crippen molar-refractivity contribution >= 4 is 17.5 Å². The van der Waals surface area contributed by atoms with Crippen molar-refractivity contribution in [2.24, 2.45) is 16.5 Å². The maximum atomic E-state index is 13.4. The molecule has 0 unspecified atom stereocenters. The summed E-state index contributed by atoms with van der Waals surface area (Å²) in [5.74, 6) is -2.72. The van der Waals surface area contributed by atoms with Gasteiger partial charge in [0.1, 0.15) is 22.9 Å². The molecule has 0 aliphatic heterocycles. The van der Waals surface area contributed by atoms with E-state index >= 15 is 0 Å². The SMILES string of the molecule is CCOC(=O)/C(=C/N)C(N)=Nc1ccc(F)cc1F. The average Bonchev–Trinajstić information content (AvgIpc) is 2.34. The van der Waals surface area contributed by atoms with E-state index in [1.54, 1.807) is 6.92 Å². The molecule has 0 saturated carbocycles. The van der Waals surface area contributed by atoms with Crippen LogP contribution < -0.4 is 11.5 Å². The smallest absolute Gasteiger partial charge is 0.343 e. The zero-order valence-corrected chi connectivity index (χ0v) is 10.2. The molecule has 4 N–H and O–H groups in total. The summed E-state index contributed by atoms with van der Waals surface area (Å²) in [6.07, 6.45) is 0.915. The van der Waals surface area contributed by atoms with Crippen molar-refractivity contribution in [3.63, 3.8) is 0 Å². The third kappa shape index (κ3) is 3.77. The number of carbonyl (C=O) groups is 1. The highest BCUT2D eigenvalue weighted by atomic mass is 19.1. The number of nitrogens with two attached hydrogens (primary N) is 2. The largest absolute Gasteiger partial charge is 0.462 e. The van der Waals surface area contributed by atoms with Gasteiger partial charge in [-0.15, -0.1) is 0 Å². The lowest BCUT2D eigenvalue weighted by Gasteiger charge is -2.06. The van der Waals surface area contributed by atoms with Gasteiger partial charge >= 0.3 is 5.97 Å². The minimum absolute atomic E-state index is 0.133. The van der Waals surface area contributed by atoms with Gasteiger partial charge in [-0.1, -0.05) is 0 Å². The molecule has 0 amide bonds. The first kappa shape index (κ1) is 14.6. The summed E-state index contributed by atoms with van der Waals surface area (Å²) in [5, 5.41) is 0. The quantitative estimate of drug-likeness (QED) is 0.373. The first-order chi connectivity index (χ1) is 8.99. The van der Waals surface area contributed by atoms with Crippen molar-refractivity contribution in [2.45, 2.75) is 6.92 Å². The molecular weight excluding hydrogens is 256 g/mol. The molecule has 0 fully saturated rings. The number of hydrogen-bond donors (Lipinski definition) is 2. The molecule has 1 rings (SSSR count). The Balaban J connectivity index is 3.06. The van der Waals surface area contributed by atoms with E-state index in [4.69, 9.17) is 16.2 Å². The van der Waals surface area contributed by atoms with Gasteiger partial charge in [0.15, 0.2) is 5.82 Å². The van der Waals surface area contributed by atoms with Crippen LogP contribution in [0.3, 0.4) is 0 Å². The summed E-state index contributed by atoms with van der Waals surface area (Å²) in [6.45, 7) is 1.74. The zero-order chi connectivity index (χ0) is 14.4. The topological polar surface area (TPSA) is 90.7 Å². The van der Waals surface area contributed by atoms with Gasteiger partial charge in [0.25, 0.3) is 0 Å². The monoisotopic (exact) mass is 269 g/mol. The molecule has 102 valence electrons. The fourth-order valence-electron chi connectivity index (χ4n) is 1.23. The first-order valence-electron chi connectivity index (χ1n) is 5.38. The third-order valence-electron chi connectivity index (χ3n) is 2.09. The van der Waals surface area contributed by atoms with Crippen molar-refractivity contribution in [2.75, 3.05) is 6.61 Å². The average molecular weight is 269 g/mol. The van der Waals surface area contributed by atoms with Crippen LogP contribution in [0.2, 0.25) is 0 Å². The van der Waals surface area contributed by atoms with E-state index in [-0.39, 0.29) is 23.7 Å². The number of benzene rings is 1. The summed E-state index contributed by atoms with van der Waals surface area (Å²) >= 11 is 0. The molecule has 0 aromatic heterocycles. The zero-order valence-electron chi connectivity index (χ0n) is 10.2. The number of esters is 1. The van der Waals surface area contributed by atoms with Gasteiger partial charge < -0.3 is 16.2 Å². The van der Waals surface area contributed by atoms with Gasteiger partial charge in [0.05, 0.1) is 6.61 Å². The Hall–Kier alpha value is -2.44. The molecule has 0 spiro atoms. The fourth-order valence-corrected chi connectivity index (χ4v) is 1.23. The summed E-state index contributed by atoms with van der Waals surface area (Å²) in [5.41, 5.74) is 10.4. The van der Waals surface area contributed by atoms with Gasteiger partial charge in [-0.2, -0.15) is 0 Å². The van der Waals surface area contributed by atoms with Crippen molar-refractivity contribution in [3.8, 4) is 0 Å². The van der Waals surface area contributed by atoms with Crippen LogP contribution in [0, 0.1) is 11.6 Å². The molecule has 0 heterocycles. The number of halogens is 2. The van der Waals surface area contributed by atoms with Crippen LogP contribution in [0.25, 0.3) is 0 Å². The van der Waals surface area contributed by atoms with Gasteiger partial charge in [-0.25, -0.2) is 18.6 Å². The first-order valence-corrected chi connectivity index (χ1v) is 5.38. The van der Waals surface area contributed by atoms with Crippen molar-refractivity contribution in [1.29, 1.82) is 0 Å². The normalized spacial score (nSPS) is 12.4. The van der Waals surface area contributed by atoms with E-state index in [9.17, 15) is 13.6 Å². The molecule has 0 bridgehead atoms. The van der Waals surface area contributed by atoms with Crippen molar-refractivity contribution in [1.82, 2.24) is 0 Å². The van der Waals surface area contributed by atoms with Gasteiger partial charge in [0.2, 0.25) is 0 Å². The standard InChI is InChI=1S/C12H13F2N3O2/c1-2-19-12(18)8(6-15)11(16)17-10-4-3-7(13)5-9(10)14/h3-6H,2,15H2,1H3,(H2,16,17)/b8-6+. The number of amidine groups is 1. The van der Waals surface area contributed by atoms with Crippen LogP contribution >= 0.6 is 0 Å². The van der Waals surface area contributed by atoms with Crippen LogP contribution in [0.1, 0.15) is 6.92 Å². The number of carbonyl (C=O) groups excluding carboxylic acids is 1. The minimum atomic E-state index is -0.900. The molecule has 0 radical (unpaired) electrons.